The fourth-order valence-electron chi connectivity index (χ4n) is 2.33. The highest BCUT2D eigenvalue weighted by atomic mass is 32.2. The van der Waals surface area contributed by atoms with Gasteiger partial charge < -0.3 is 4.90 Å². The second-order valence-corrected chi connectivity index (χ2v) is 7.55. The van der Waals surface area contributed by atoms with E-state index in [1.165, 1.54) is 17.0 Å². The van der Waals surface area contributed by atoms with Crippen molar-refractivity contribution in [1.29, 1.82) is 0 Å². The molecule has 0 saturated carbocycles. The number of nitrogens with one attached hydrogen (secondary N) is 1. The van der Waals surface area contributed by atoms with E-state index in [1.807, 2.05) is 37.3 Å². The molecule has 0 unspecified atom stereocenters. The van der Waals surface area contributed by atoms with E-state index < -0.39 is 16.1 Å². The summed E-state index contributed by atoms with van der Waals surface area (Å²) in [6.45, 7) is 3.86. The zero-order valence-corrected chi connectivity index (χ0v) is 14.9. The first-order chi connectivity index (χ1) is 11.3. The Morgan fingerprint density at radius 3 is 2.25 bits per heavy atom. The van der Waals surface area contributed by atoms with Crippen LogP contribution in [0.5, 0.6) is 0 Å². The molecule has 2 aromatic rings. The van der Waals surface area contributed by atoms with Crippen molar-refractivity contribution in [3.05, 3.63) is 65.7 Å². The maximum atomic E-state index is 12.4. The normalized spacial score (nSPS) is 12.6. The number of hydrogen-bond acceptors (Lipinski definition) is 3. The number of sulfonamides is 1. The van der Waals surface area contributed by atoms with Crippen LogP contribution in [0.1, 0.15) is 18.1 Å². The van der Waals surface area contributed by atoms with Gasteiger partial charge in [0.05, 0.1) is 10.9 Å². The van der Waals surface area contributed by atoms with E-state index >= 15 is 0 Å². The molecule has 2 aromatic carbocycles. The van der Waals surface area contributed by atoms with Crippen LogP contribution in [0.2, 0.25) is 0 Å². The van der Waals surface area contributed by atoms with E-state index in [0.717, 1.165) is 11.1 Å². The quantitative estimate of drug-likeness (QED) is 0.873. The molecule has 0 aromatic heterocycles. The monoisotopic (exact) mass is 346 g/mol. The van der Waals surface area contributed by atoms with Crippen LogP contribution >= 0.6 is 0 Å². The SMILES string of the molecule is Cc1ccc(S(=O)(=O)N[C@H](C)C(=O)N(C)Cc2ccccc2)cc1. The van der Waals surface area contributed by atoms with Crippen molar-refractivity contribution in [3.8, 4) is 0 Å². The van der Waals surface area contributed by atoms with Gasteiger partial charge in [-0.2, -0.15) is 4.72 Å². The van der Waals surface area contributed by atoms with Crippen molar-refractivity contribution in [2.45, 2.75) is 31.3 Å². The molecule has 1 atom stereocenters. The maximum absolute atomic E-state index is 12.4. The smallest absolute Gasteiger partial charge is 0.241 e. The molecule has 0 aliphatic carbocycles. The first kappa shape index (κ1) is 18.2. The minimum absolute atomic E-state index is 0.151. The largest absolute Gasteiger partial charge is 0.340 e. The number of nitrogens with zero attached hydrogens (tertiary/aromatic N) is 1. The molecule has 2 rings (SSSR count). The third kappa shape index (κ3) is 4.66. The molecule has 0 fully saturated rings. The van der Waals surface area contributed by atoms with Crippen molar-refractivity contribution in [2.75, 3.05) is 7.05 Å². The lowest BCUT2D eigenvalue weighted by Crippen LogP contribution is -2.45. The van der Waals surface area contributed by atoms with Crippen LogP contribution in [0.4, 0.5) is 0 Å². The van der Waals surface area contributed by atoms with Gasteiger partial charge in [-0.25, -0.2) is 8.42 Å². The lowest BCUT2D eigenvalue weighted by molar-refractivity contribution is -0.131. The summed E-state index contributed by atoms with van der Waals surface area (Å²) >= 11 is 0. The molecular weight excluding hydrogens is 324 g/mol. The summed E-state index contributed by atoms with van der Waals surface area (Å²) in [5.41, 5.74) is 1.96. The van der Waals surface area contributed by atoms with E-state index in [2.05, 4.69) is 4.72 Å². The van der Waals surface area contributed by atoms with Gasteiger partial charge in [-0.15, -0.1) is 0 Å². The number of likely N-dealkylation sites (N-methyl/N-ethyl adjacent to an activating group) is 1. The predicted octanol–water partition coefficient (Wildman–Crippen LogP) is 2.32. The Balaban J connectivity index is 2.03. The molecule has 1 amide bonds. The zero-order valence-electron chi connectivity index (χ0n) is 14.1. The molecule has 1 N–H and O–H groups in total. The number of hydrogen-bond donors (Lipinski definition) is 1. The molecule has 0 spiro atoms. The van der Waals surface area contributed by atoms with Crippen molar-refractivity contribution in [2.24, 2.45) is 0 Å². The number of rotatable bonds is 6. The Morgan fingerprint density at radius 1 is 1.08 bits per heavy atom. The second kappa shape index (κ2) is 7.59. The van der Waals surface area contributed by atoms with Gasteiger partial charge in [0.2, 0.25) is 15.9 Å². The maximum Gasteiger partial charge on any atom is 0.241 e. The van der Waals surface area contributed by atoms with Crippen LogP contribution in [0.15, 0.2) is 59.5 Å². The van der Waals surface area contributed by atoms with Crippen LogP contribution in [0, 0.1) is 6.92 Å². The molecule has 0 heterocycles. The zero-order chi connectivity index (χ0) is 17.7. The Labute approximate surface area is 143 Å². The standard InChI is InChI=1S/C18H22N2O3S/c1-14-9-11-17(12-10-14)24(22,23)19-15(2)18(21)20(3)13-16-7-5-4-6-8-16/h4-12,15,19H,13H2,1-3H3/t15-/m1/s1. The highest BCUT2D eigenvalue weighted by molar-refractivity contribution is 7.89. The lowest BCUT2D eigenvalue weighted by atomic mass is 10.2. The summed E-state index contributed by atoms with van der Waals surface area (Å²) in [5, 5.41) is 0. The van der Waals surface area contributed by atoms with Crippen LogP contribution in [-0.2, 0) is 21.4 Å². The van der Waals surface area contributed by atoms with Crippen molar-refractivity contribution >= 4 is 15.9 Å². The third-order valence-corrected chi connectivity index (χ3v) is 5.23. The van der Waals surface area contributed by atoms with Crippen LogP contribution < -0.4 is 4.72 Å². The number of aryl methyl sites for hydroxylation is 1. The highest BCUT2D eigenvalue weighted by Gasteiger charge is 2.24. The molecule has 0 bridgehead atoms. The molecule has 0 aliphatic heterocycles. The van der Waals surface area contributed by atoms with Crippen molar-refractivity contribution < 1.29 is 13.2 Å². The highest BCUT2D eigenvalue weighted by Crippen LogP contribution is 2.11. The van der Waals surface area contributed by atoms with Gasteiger partial charge in [0, 0.05) is 13.6 Å². The van der Waals surface area contributed by atoms with E-state index in [1.54, 1.807) is 26.1 Å². The van der Waals surface area contributed by atoms with E-state index in [4.69, 9.17) is 0 Å². The number of carbonyl (C=O) groups is 1. The topological polar surface area (TPSA) is 66.5 Å². The Hall–Kier alpha value is -2.18. The summed E-state index contributed by atoms with van der Waals surface area (Å²) in [4.78, 5) is 14.1. The minimum Gasteiger partial charge on any atom is -0.340 e. The van der Waals surface area contributed by atoms with Gasteiger partial charge in [-0.1, -0.05) is 48.0 Å². The van der Waals surface area contributed by atoms with E-state index in [0.29, 0.717) is 6.54 Å². The number of amides is 1. The average Bonchev–Trinajstić information content (AvgIpc) is 2.55. The molecule has 5 nitrogen and oxygen atoms in total. The summed E-state index contributed by atoms with van der Waals surface area (Å²) in [6.07, 6.45) is 0. The molecule has 6 heteroatoms. The number of carbonyl (C=O) groups excluding carboxylic acids is 1. The summed E-state index contributed by atoms with van der Waals surface area (Å²) < 4.78 is 27.2. The van der Waals surface area contributed by atoms with E-state index in [9.17, 15) is 13.2 Å². The first-order valence-electron chi connectivity index (χ1n) is 7.67. The molecule has 0 saturated heterocycles. The van der Waals surface area contributed by atoms with E-state index in [-0.39, 0.29) is 10.8 Å². The average molecular weight is 346 g/mol. The number of benzene rings is 2. The van der Waals surface area contributed by atoms with Gasteiger partial charge in [0.1, 0.15) is 0 Å². The molecule has 0 radical (unpaired) electrons. The fraction of sp³-hybridized carbons (Fsp3) is 0.278. The van der Waals surface area contributed by atoms with Crippen LogP contribution in [0.25, 0.3) is 0 Å². The fourth-order valence-corrected chi connectivity index (χ4v) is 3.53. The van der Waals surface area contributed by atoms with Gasteiger partial charge in [-0.05, 0) is 31.5 Å². The van der Waals surface area contributed by atoms with Gasteiger partial charge >= 0.3 is 0 Å². The van der Waals surface area contributed by atoms with Gasteiger partial charge in [0.15, 0.2) is 0 Å². The molecule has 24 heavy (non-hydrogen) atoms. The summed E-state index contributed by atoms with van der Waals surface area (Å²) in [6, 6.07) is 15.2. The molecule has 0 aliphatic rings. The molecule has 128 valence electrons. The minimum atomic E-state index is -3.73. The molecular formula is C18H22N2O3S. The Kier molecular flexibility index (Phi) is 5.75. The summed E-state index contributed by atoms with van der Waals surface area (Å²) in [5.74, 6) is -0.283. The third-order valence-electron chi connectivity index (χ3n) is 3.67. The first-order valence-corrected chi connectivity index (χ1v) is 9.16. The second-order valence-electron chi connectivity index (χ2n) is 5.84. The van der Waals surface area contributed by atoms with Gasteiger partial charge in [-0.3, -0.25) is 4.79 Å². The lowest BCUT2D eigenvalue weighted by Gasteiger charge is -2.22. The van der Waals surface area contributed by atoms with Crippen molar-refractivity contribution in [3.63, 3.8) is 0 Å². The Bertz CT molecular complexity index is 787. The van der Waals surface area contributed by atoms with Crippen LogP contribution in [-0.4, -0.2) is 32.3 Å². The Morgan fingerprint density at radius 2 is 1.67 bits per heavy atom. The van der Waals surface area contributed by atoms with Gasteiger partial charge in [0.25, 0.3) is 0 Å². The summed E-state index contributed by atoms with van der Waals surface area (Å²) in [7, 11) is -2.07. The predicted molar refractivity (Wildman–Crippen MR) is 93.9 cm³/mol. The van der Waals surface area contributed by atoms with Crippen molar-refractivity contribution in [1.82, 2.24) is 9.62 Å². The van der Waals surface area contributed by atoms with Crippen LogP contribution in [0.3, 0.4) is 0 Å².